The number of nitrogens with zero attached hydrogens (tertiary/aromatic N) is 1. The van der Waals surface area contributed by atoms with Gasteiger partial charge in [0.05, 0.1) is 7.11 Å². The standard InChI is InChI=1S/C17H23F3N2O3.ClH/c1-24-15-10-12(2-4-14(15)25-11-17(18,19)20)3-5-16(23)22-8-6-13(21)7-9-22;/h2,4,10,13H,3,5-9,11,21H2,1H3;1H. The molecule has 1 aliphatic rings. The Labute approximate surface area is 157 Å². The first-order valence-electron chi connectivity index (χ1n) is 8.18. The number of methoxy groups -OCH3 is 1. The topological polar surface area (TPSA) is 64.8 Å². The summed E-state index contributed by atoms with van der Waals surface area (Å²) in [6.07, 6.45) is -1.97. The lowest BCUT2D eigenvalue weighted by Crippen LogP contribution is -2.42. The smallest absolute Gasteiger partial charge is 0.422 e. The van der Waals surface area contributed by atoms with E-state index < -0.39 is 12.8 Å². The van der Waals surface area contributed by atoms with Crippen molar-refractivity contribution < 1.29 is 27.4 Å². The predicted octanol–water partition coefficient (Wildman–Crippen LogP) is 2.94. The van der Waals surface area contributed by atoms with Crippen LogP contribution in [0.4, 0.5) is 13.2 Å². The lowest BCUT2D eigenvalue weighted by atomic mass is 10.0. The molecule has 2 N–H and O–H groups in total. The first-order valence-corrected chi connectivity index (χ1v) is 8.18. The summed E-state index contributed by atoms with van der Waals surface area (Å²) in [4.78, 5) is 14.0. The largest absolute Gasteiger partial charge is 0.493 e. The van der Waals surface area contributed by atoms with Gasteiger partial charge >= 0.3 is 6.18 Å². The lowest BCUT2D eigenvalue weighted by molar-refractivity contribution is -0.153. The molecule has 2 rings (SSSR count). The number of carbonyl (C=O) groups excluding carboxylic acids is 1. The van der Waals surface area contributed by atoms with E-state index in [2.05, 4.69) is 0 Å². The first-order chi connectivity index (χ1) is 11.8. The quantitative estimate of drug-likeness (QED) is 0.803. The number of piperidine rings is 1. The monoisotopic (exact) mass is 396 g/mol. The van der Waals surface area contributed by atoms with Crippen LogP contribution in [-0.4, -0.2) is 49.8 Å². The highest BCUT2D eigenvalue weighted by Crippen LogP contribution is 2.30. The highest BCUT2D eigenvalue weighted by Gasteiger charge is 2.29. The number of rotatable bonds is 6. The Morgan fingerprint density at radius 1 is 1.27 bits per heavy atom. The van der Waals surface area contributed by atoms with E-state index in [0.717, 1.165) is 18.4 Å². The molecule has 0 spiro atoms. The third-order valence-electron chi connectivity index (χ3n) is 4.14. The number of likely N-dealkylation sites (tertiary alicyclic amines) is 1. The van der Waals surface area contributed by atoms with Crippen LogP contribution in [0.25, 0.3) is 0 Å². The normalized spacial score (nSPS) is 15.3. The lowest BCUT2D eigenvalue weighted by Gasteiger charge is -2.30. The molecule has 0 aliphatic carbocycles. The van der Waals surface area contributed by atoms with Gasteiger partial charge in [0.15, 0.2) is 18.1 Å². The molecule has 0 radical (unpaired) electrons. The van der Waals surface area contributed by atoms with Crippen LogP contribution in [0.5, 0.6) is 11.5 Å². The van der Waals surface area contributed by atoms with E-state index in [1.54, 1.807) is 17.0 Å². The van der Waals surface area contributed by atoms with Gasteiger partial charge in [0.2, 0.25) is 5.91 Å². The van der Waals surface area contributed by atoms with E-state index in [1.807, 2.05) is 0 Å². The zero-order chi connectivity index (χ0) is 18.4. The molecule has 1 heterocycles. The van der Waals surface area contributed by atoms with Crippen LogP contribution >= 0.6 is 12.4 Å². The van der Waals surface area contributed by atoms with Gasteiger partial charge in [-0.25, -0.2) is 0 Å². The van der Waals surface area contributed by atoms with Gasteiger partial charge in [-0.1, -0.05) is 6.07 Å². The van der Waals surface area contributed by atoms with Gasteiger partial charge in [-0.2, -0.15) is 13.2 Å². The average molecular weight is 397 g/mol. The summed E-state index contributed by atoms with van der Waals surface area (Å²) in [6.45, 7) is -0.0284. The molecule has 1 saturated heterocycles. The fraction of sp³-hybridized carbons (Fsp3) is 0.588. The number of hydrogen-bond acceptors (Lipinski definition) is 4. The summed E-state index contributed by atoms with van der Waals surface area (Å²) < 4.78 is 46.6. The average Bonchev–Trinajstić information content (AvgIpc) is 2.58. The molecule has 1 aliphatic heterocycles. The van der Waals surface area contributed by atoms with Crippen molar-refractivity contribution in [3.8, 4) is 11.5 Å². The van der Waals surface area contributed by atoms with Gasteiger partial charge < -0.3 is 20.1 Å². The maximum absolute atomic E-state index is 12.3. The van der Waals surface area contributed by atoms with Crippen molar-refractivity contribution in [1.29, 1.82) is 0 Å². The maximum atomic E-state index is 12.3. The predicted molar refractivity (Wildman–Crippen MR) is 93.9 cm³/mol. The summed E-state index contributed by atoms with van der Waals surface area (Å²) in [7, 11) is 1.36. The molecule has 0 saturated carbocycles. The minimum absolute atomic E-state index is 0. The number of amides is 1. The zero-order valence-electron chi connectivity index (χ0n) is 14.6. The molecule has 1 aromatic rings. The summed E-state index contributed by atoms with van der Waals surface area (Å²) >= 11 is 0. The summed E-state index contributed by atoms with van der Waals surface area (Å²) in [5.74, 6) is 0.307. The third kappa shape index (κ3) is 6.92. The molecule has 26 heavy (non-hydrogen) atoms. The molecule has 0 bridgehead atoms. The van der Waals surface area contributed by atoms with Crippen LogP contribution in [0.2, 0.25) is 0 Å². The fourth-order valence-corrected chi connectivity index (χ4v) is 2.70. The van der Waals surface area contributed by atoms with E-state index in [0.29, 0.717) is 25.9 Å². The van der Waals surface area contributed by atoms with Crippen LogP contribution < -0.4 is 15.2 Å². The second-order valence-corrected chi connectivity index (χ2v) is 6.11. The zero-order valence-corrected chi connectivity index (χ0v) is 15.4. The summed E-state index contributed by atoms with van der Waals surface area (Å²) in [6, 6.07) is 4.85. The number of aryl methyl sites for hydroxylation is 1. The second-order valence-electron chi connectivity index (χ2n) is 6.11. The molecule has 0 aromatic heterocycles. The maximum Gasteiger partial charge on any atom is 0.422 e. The van der Waals surface area contributed by atoms with Gasteiger partial charge in [0, 0.05) is 25.6 Å². The number of carbonyl (C=O) groups is 1. The van der Waals surface area contributed by atoms with Crippen molar-refractivity contribution in [2.75, 3.05) is 26.8 Å². The Kier molecular flexibility index (Phi) is 8.49. The summed E-state index contributed by atoms with van der Waals surface area (Å²) in [5, 5.41) is 0. The van der Waals surface area contributed by atoms with Crippen LogP contribution in [0, 0.1) is 0 Å². The van der Waals surface area contributed by atoms with E-state index >= 15 is 0 Å². The minimum Gasteiger partial charge on any atom is -0.493 e. The van der Waals surface area contributed by atoms with Crippen molar-refractivity contribution in [2.24, 2.45) is 5.73 Å². The highest BCUT2D eigenvalue weighted by atomic mass is 35.5. The molecule has 148 valence electrons. The second kappa shape index (κ2) is 9.87. The number of hydrogen-bond donors (Lipinski definition) is 1. The molecule has 0 unspecified atom stereocenters. The van der Waals surface area contributed by atoms with E-state index in [4.69, 9.17) is 15.2 Å². The van der Waals surface area contributed by atoms with Crippen molar-refractivity contribution in [3.63, 3.8) is 0 Å². The fourth-order valence-electron chi connectivity index (χ4n) is 2.70. The number of halogens is 4. The van der Waals surface area contributed by atoms with Crippen molar-refractivity contribution in [1.82, 2.24) is 4.90 Å². The number of nitrogens with two attached hydrogens (primary N) is 1. The molecule has 1 fully saturated rings. The Morgan fingerprint density at radius 2 is 1.92 bits per heavy atom. The van der Waals surface area contributed by atoms with Crippen LogP contribution in [0.3, 0.4) is 0 Å². The van der Waals surface area contributed by atoms with Crippen molar-refractivity contribution in [3.05, 3.63) is 23.8 Å². The van der Waals surface area contributed by atoms with Crippen molar-refractivity contribution in [2.45, 2.75) is 37.9 Å². The van der Waals surface area contributed by atoms with Gasteiger partial charge in [0.1, 0.15) is 0 Å². The van der Waals surface area contributed by atoms with Crippen molar-refractivity contribution >= 4 is 18.3 Å². The van der Waals surface area contributed by atoms with Gasteiger partial charge in [-0.05, 0) is 37.0 Å². The number of benzene rings is 1. The molecular weight excluding hydrogens is 373 g/mol. The number of alkyl halides is 3. The Hall–Kier alpha value is -1.67. The van der Waals surface area contributed by atoms with Crippen LogP contribution in [0.15, 0.2) is 18.2 Å². The first kappa shape index (κ1) is 22.4. The van der Waals surface area contributed by atoms with Gasteiger partial charge in [-0.3, -0.25) is 4.79 Å². The Morgan fingerprint density at radius 3 is 2.50 bits per heavy atom. The summed E-state index contributed by atoms with van der Waals surface area (Å²) in [5.41, 5.74) is 6.63. The SMILES string of the molecule is COc1cc(CCC(=O)N2CCC(N)CC2)ccc1OCC(F)(F)F.Cl. The molecule has 5 nitrogen and oxygen atoms in total. The van der Waals surface area contributed by atoms with E-state index in [-0.39, 0.29) is 35.9 Å². The molecule has 1 aromatic carbocycles. The third-order valence-corrected chi connectivity index (χ3v) is 4.14. The van der Waals surface area contributed by atoms with E-state index in [1.165, 1.54) is 13.2 Å². The van der Waals surface area contributed by atoms with Gasteiger partial charge in [-0.15, -0.1) is 12.4 Å². The molecule has 1 amide bonds. The van der Waals surface area contributed by atoms with Crippen LogP contribution in [0.1, 0.15) is 24.8 Å². The molecular formula is C17H24ClF3N2O3. The molecule has 0 atom stereocenters. The minimum atomic E-state index is -4.41. The van der Waals surface area contributed by atoms with Crippen LogP contribution in [-0.2, 0) is 11.2 Å². The number of ether oxygens (including phenoxy) is 2. The Bertz CT molecular complexity index is 591. The van der Waals surface area contributed by atoms with Gasteiger partial charge in [0.25, 0.3) is 0 Å². The Balaban J connectivity index is 0.00000338. The highest BCUT2D eigenvalue weighted by molar-refractivity contribution is 5.85. The molecule has 9 heteroatoms. The van der Waals surface area contributed by atoms with E-state index in [9.17, 15) is 18.0 Å².